The Bertz CT molecular complexity index is 563. The van der Waals surface area contributed by atoms with Crippen molar-refractivity contribution in [3.63, 3.8) is 0 Å². The van der Waals surface area contributed by atoms with Crippen LogP contribution in [0.1, 0.15) is 24.3 Å². The summed E-state index contributed by atoms with van der Waals surface area (Å²) in [6.45, 7) is 2.71. The van der Waals surface area contributed by atoms with Gasteiger partial charge in [-0.05, 0) is 37.5 Å². The van der Waals surface area contributed by atoms with E-state index < -0.39 is 0 Å². The first-order chi connectivity index (χ1) is 8.72. The van der Waals surface area contributed by atoms with Gasteiger partial charge < -0.3 is 9.73 Å². The summed E-state index contributed by atoms with van der Waals surface area (Å²) in [5.41, 5.74) is 2.13. The number of halogens is 1. The summed E-state index contributed by atoms with van der Waals surface area (Å²) in [5.74, 6) is 1.22. The normalized spacial score (nSPS) is 15.0. The third kappa shape index (κ3) is 2.62. The van der Waals surface area contributed by atoms with Crippen LogP contribution in [0.25, 0.3) is 11.5 Å². The van der Waals surface area contributed by atoms with Crippen molar-refractivity contribution < 1.29 is 4.42 Å². The van der Waals surface area contributed by atoms with Gasteiger partial charge in [0.05, 0.1) is 6.54 Å². The highest BCUT2D eigenvalue weighted by atomic mass is 79.9. The molecule has 1 N–H and O–H groups in total. The van der Waals surface area contributed by atoms with E-state index in [0.29, 0.717) is 24.4 Å². The monoisotopic (exact) mass is 307 g/mol. The van der Waals surface area contributed by atoms with Gasteiger partial charge in [-0.1, -0.05) is 22.0 Å². The molecule has 1 aliphatic rings. The molecule has 5 heteroatoms. The van der Waals surface area contributed by atoms with Crippen molar-refractivity contribution in [1.29, 1.82) is 0 Å². The summed E-state index contributed by atoms with van der Waals surface area (Å²) in [6.07, 6.45) is 2.51. The van der Waals surface area contributed by atoms with Gasteiger partial charge >= 0.3 is 0 Å². The van der Waals surface area contributed by atoms with E-state index in [-0.39, 0.29) is 0 Å². The Hall–Kier alpha value is -1.20. The number of nitrogens with one attached hydrogen (secondary N) is 1. The number of hydrogen-bond acceptors (Lipinski definition) is 4. The van der Waals surface area contributed by atoms with Gasteiger partial charge in [0.2, 0.25) is 11.8 Å². The van der Waals surface area contributed by atoms with Crippen LogP contribution in [-0.2, 0) is 6.54 Å². The zero-order valence-corrected chi connectivity index (χ0v) is 11.7. The van der Waals surface area contributed by atoms with Gasteiger partial charge in [-0.3, -0.25) is 0 Å². The summed E-state index contributed by atoms with van der Waals surface area (Å²) in [5, 5.41) is 11.5. The van der Waals surface area contributed by atoms with Crippen molar-refractivity contribution in [3.05, 3.63) is 34.1 Å². The van der Waals surface area contributed by atoms with Crippen molar-refractivity contribution in [2.45, 2.75) is 32.4 Å². The van der Waals surface area contributed by atoms with Crippen LogP contribution in [-0.4, -0.2) is 16.2 Å². The molecule has 1 heterocycles. The molecular weight excluding hydrogens is 294 g/mol. The van der Waals surface area contributed by atoms with Crippen LogP contribution in [0, 0.1) is 6.92 Å². The molecule has 1 aromatic heterocycles. The maximum absolute atomic E-state index is 5.64. The molecule has 1 aliphatic carbocycles. The first-order valence-electron chi connectivity index (χ1n) is 6.04. The standard InChI is InChI=1S/C13H14BrN3O/c1-8-2-3-9(6-11(8)14)13-17-16-12(18-13)7-15-10-4-5-10/h2-3,6,10,15H,4-5,7H2,1H3. The average molecular weight is 308 g/mol. The van der Waals surface area contributed by atoms with E-state index in [1.807, 2.05) is 25.1 Å². The van der Waals surface area contributed by atoms with Gasteiger partial charge in [-0.25, -0.2) is 0 Å². The van der Waals surface area contributed by atoms with Crippen LogP contribution in [0.15, 0.2) is 27.1 Å². The summed E-state index contributed by atoms with van der Waals surface area (Å²) >= 11 is 3.51. The number of benzene rings is 1. The molecule has 3 rings (SSSR count). The Morgan fingerprint density at radius 2 is 2.22 bits per heavy atom. The first kappa shape index (κ1) is 11.9. The van der Waals surface area contributed by atoms with Crippen molar-refractivity contribution in [2.24, 2.45) is 0 Å². The second-order valence-corrected chi connectivity index (χ2v) is 5.47. The van der Waals surface area contributed by atoms with E-state index in [1.54, 1.807) is 0 Å². The molecule has 0 amide bonds. The molecular formula is C13H14BrN3O. The van der Waals surface area contributed by atoms with Gasteiger partial charge in [0.1, 0.15) is 0 Å². The third-order valence-corrected chi connectivity index (χ3v) is 3.86. The Balaban J connectivity index is 1.76. The maximum Gasteiger partial charge on any atom is 0.247 e. The highest BCUT2D eigenvalue weighted by molar-refractivity contribution is 9.10. The Kier molecular flexibility index (Phi) is 3.18. The van der Waals surface area contributed by atoms with Crippen LogP contribution in [0.2, 0.25) is 0 Å². The molecule has 1 fully saturated rings. The number of nitrogens with zero attached hydrogens (tertiary/aromatic N) is 2. The lowest BCUT2D eigenvalue weighted by atomic mass is 10.1. The van der Waals surface area contributed by atoms with Gasteiger partial charge in [0, 0.05) is 16.1 Å². The number of rotatable bonds is 4. The van der Waals surface area contributed by atoms with Gasteiger partial charge in [-0.2, -0.15) is 0 Å². The van der Waals surface area contributed by atoms with Crippen LogP contribution in [0.5, 0.6) is 0 Å². The molecule has 0 atom stereocenters. The van der Waals surface area contributed by atoms with Gasteiger partial charge in [0.15, 0.2) is 0 Å². The minimum absolute atomic E-state index is 0.572. The first-order valence-corrected chi connectivity index (χ1v) is 6.84. The molecule has 0 spiro atoms. The molecule has 0 aliphatic heterocycles. The summed E-state index contributed by atoms with van der Waals surface area (Å²) in [4.78, 5) is 0. The number of hydrogen-bond donors (Lipinski definition) is 1. The lowest BCUT2D eigenvalue weighted by molar-refractivity contribution is 0.476. The molecule has 1 aromatic carbocycles. The molecule has 0 bridgehead atoms. The predicted molar refractivity (Wildman–Crippen MR) is 72.0 cm³/mol. The zero-order valence-electron chi connectivity index (χ0n) is 10.1. The fourth-order valence-electron chi connectivity index (χ4n) is 1.69. The van der Waals surface area contributed by atoms with E-state index >= 15 is 0 Å². The van der Waals surface area contributed by atoms with Crippen LogP contribution in [0.3, 0.4) is 0 Å². The molecule has 94 valence electrons. The van der Waals surface area contributed by atoms with Crippen LogP contribution in [0.4, 0.5) is 0 Å². The molecule has 18 heavy (non-hydrogen) atoms. The van der Waals surface area contributed by atoms with Crippen molar-refractivity contribution >= 4 is 15.9 Å². The Labute approximate surface area is 114 Å². The van der Waals surface area contributed by atoms with Crippen LogP contribution >= 0.6 is 15.9 Å². The van der Waals surface area contributed by atoms with Gasteiger partial charge in [0.25, 0.3) is 0 Å². The van der Waals surface area contributed by atoms with E-state index in [4.69, 9.17) is 4.42 Å². The topological polar surface area (TPSA) is 51.0 Å². The molecule has 2 aromatic rings. The molecule has 0 unspecified atom stereocenters. The van der Waals surface area contributed by atoms with Crippen molar-refractivity contribution in [2.75, 3.05) is 0 Å². The average Bonchev–Trinajstić information content (AvgIpc) is 3.08. The van der Waals surface area contributed by atoms with E-state index in [2.05, 4.69) is 31.4 Å². The number of aryl methyl sites for hydroxylation is 1. The third-order valence-electron chi connectivity index (χ3n) is 3.00. The highest BCUT2D eigenvalue weighted by Crippen LogP contribution is 2.25. The smallest absolute Gasteiger partial charge is 0.247 e. The minimum atomic E-state index is 0.572. The second-order valence-electron chi connectivity index (χ2n) is 4.62. The fourth-order valence-corrected chi connectivity index (χ4v) is 2.07. The summed E-state index contributed by atoms with van der Waals surface area (Å²) < 4.78 is 6.69. The molecule has 0 saturated heterocycles. The molecule has 1 saturated carbocycles. The van der Waals surface area contributed by atoms with E-state index in [9.17, 15) is 0 Å². The second kappa shape index (κ2) is 4.82. The van der Waals surface area contributed by atoms with Crippen LogP contribution < -0.4 is 5.32 Å². The fraction of sp³-hybridized carbons (Fsp3) is 0.385. The minimum Gasteiger partial charge on any atom is -0.419 e. The quantitative estimate of drug-likeness (QED) is 0.943. The summed E-state index contributed by atoms with van der Waals surface area (Å²) in [7, 11) is 0. The maximum atomic E-state index is 5.64. The van der Waals surface area contributed by atoms with E-state index in [0.717, 1.165) is 10.0 Å². The number of aromatic nitrogens is 2. The molecule has 0 radical (unpaired) electrons. The SMILES string of the molecule is Cc1ccc(-c2nnc(CNC3CC3)o2)cc1Br. The lowest BCUT2D eigenvalue weighted by Gasteiger charge is -1.99. The van der Waals surface area contributed by atoms with Gasteiger partial charge in [-0.15, -0.1) is 10.2 Å². The zero-order chi connectivity index (χ0) is 12.5. The van der Waals surface area contributed by atoms with E-state index in [1.165, 1.54) is 18.4 Å². The predicted octanol–water partition coefficient (Wildman–Crippen LogP) is 3.06. The Morgan fingerprint density at radius 1 is 1.39 bits per heavy atom. The lowest BCUT2D eigenvalue weighted by Crippen LogP contribution is -2.15. The molecule has 4 nitrogen and oxygen atoms in total. The summed E-state index contributed by atoms with van der Waals surface area (Å²) in [6, 6.07) is 6.67. The van der Waals surface area contributed by atoms with Crippen molar-refractivity contribution in [1.82, 2.24) is 15.5 Å². The van der Waals surface area contributed by atoms with Crippen molar-refractivity contribution in [3.8, 4) is 11.5 Å². The Morgan fingerprint density at radius 3 is 2.94 bits per heavy atom. The highest BCUT2D eigenvalue weighted by Gasteiger charge is 2.21. The largest absolute Gasteiger partial charge is 0.419 e.